The van der Waals surface area contributed by atoms with E-state index in [2.05, 4.69) is 9.88 Å². The molecule has 1 aromatic heterocycles. The zero-order valence-corrected chi connectivity index (χ0v) is 17.5. The first-order valence-electron chi connectivity index (χ1n) is 10.2. The minimum atomic E-state index is -0.101. The summed E-state index contributed by atoms with van der Waals surface area (Å²) in [6, 6.07) is 17.5. The molecule has 0 amide bonds. The fraction of sp³-hybridized carbons (Fsp3) is 0.200. The highest BCUT2D eigenvalue weighted by Gasteiger charge is 2.33. The maximum absolute atomic E-state index is 13.0. The summed E-state index contributed by atoms with van der Waals surface area (Å²) in [6.45, 7) is 1.77. The van der Waals surface area contributed by atoms with E-state index < -0.39 is 0 Å². The molecule has 0 N–H and O–H groups in total. The van der Waals surface area contributed by atoms with Crippen LogP contribution < -0.4 is 14.4 Å². The van der Waals surface area contributed by atoms with Crippen molar-refractivity contribution in [3.8, 4) is 11.5 Å². The Kier molecular flexibility index (Phi) is 4.92. The van der Waals surface area contributed by atoms with Gasteiger partial charge in [-0.25, -0.2) is 0 Å². The molecule has 6 nitrogen and oxygen atoms in total. The zero-order valence-electron chi connectivity index (χ0n) is 17.5. The summed E-state index contributed by atoms with van der Waals surface area (Å²) in [6.07, 6.45) is 3.58. The first-order valence-corrected chi connectivity index (χ1v) is 10.2. The van der Waals surface area contributed by atoms with Crippen molar-refractivity contribution in [1.29, 1.82) is 0 Å². The summed E-state index contributed by atoms with van der Waals surface area (Å²) in [7, 11) is 3.99. The van der Waals surface area contributed by atoms with E-state index >= 15 is 0 Å². The second-order valence-electron chi connectivity index (χ2n) is 7.93. The molecule has 0 unspecified atom stereocenters. The van der Waals surface area contributed by atoms with Gasteiger partial charge in [-0.1, -0.05) is 18.2 Å². The monoisotopic (exact) mass is 413 g/mol. The topological polar surface area (TPSA) is 54.9 Å². The second kappa shape index (κ2) is 7.89. The molecular weight excluding hydrogens is 390 g/mol. The molecule has 0 bridgehead atoms. The molecule has 2 aliphatic rings. The lowest BCUT2D eigenvalue weighted by molar-refractivity contribution is 0.0861. The van der Waals surface area contributed by atoms with Crippen molar-refractivity contribution in [2.45, 2.75) is 13.1 Å². The summed E-state index contributed by atoms with van der Waals surface area (Å²) in [5.74, 6) is 1.60. The van der Waals surface area contributed by atoms with Crippen molar-refractivity contribution in [3.05, 3.63) is 88.9 Å². The van der Waals surface area contributed by atoms with Gasteiger partial charge in [-0.15, -0.1) is 0 Å². The number of pyridine rings is 1. The summed E-state index contributed by atoms with van der Waals surface area (Å²) in [4.78, 5) is 21.5. The molecule has 0 spiro atoms. The van der Waals surface area contributed by atoms with Gasteiger partial charge in [-0.3, -0.25) is 14.7 Å². The van der Waals surface area contributed by atoms with Crippen LogP contribution in [0.4, 0.5) is 5.69 Å². The molecule has 3 aromatic rings. The van der Waals surface area contributed by atoms with Gasteiger partial charge in [0.2, 0.25) is 5.78 Å². The molecule has 2 aromatic carbocycles. The van der Waals surface area contributed by atoms with Crippen molar-refractivity contribution < 1.29 is 14.3 Å². The molecule has 31 heavy (non-hydrogen) atoms. The number of benzene rings is 2. The quantitative estimate of drug-likeness (QED) is 0.600. The number of hydrogen-bond donors (Lipinski definition) is 0. The molecule has 0 aliphatic carbocycles. The third-order valence-electron chi connectivity index (χ3n) is 5.50. The lowest BCUT2D eigenvalue weighted by Gasteiger charge is -2.29. The number of hydrogen-bond acceptors (Lipinski definition) is 6. The lowest BCUT2D eigenvalue weighted by atomic mass is 10.0. The normalized spacial score (nSPS) is 16.5. The Morgan fingerprint density at radius 2 is 1.94 bits per heavy atom. The summed E-state index contributed by atoms with van der Waals surface area (Å²) in [5.41, 5.74) is 4.48. The van der Waals surface area contributed by atoms with Crippen LogP contribution >= 0.6 is 0 Å². The first-order chi connectivity index (χ1) is 15.1. The van der Waals surface area contributed by atoms with Crippen LogP contribution in [0, 0.1) is 0 Å². The minimum absolute atomic E-state index is 0.101. The molecule has 0 radical (unpaired) electrons. The van der Waals surface area contributed by atoms with E-state index in [1.807, 2.05) is 67.5 Å². The van der Waals surface area contributed by atoms with Gasteiger partial charge in [0.1, 0.15) is 18.2 Å². The SMILES string of the molecule is CN(C)c1ccc(/C=C2\Oc3c(ccc4c3CN(Cc3ccccn3)CO4)C2=O)cc1. The molecule has 3 heterocycles. The summed E-state index contributed by atoms with van der Waals surface area (Å²) >= 11 is 0. The molecule has 2 aliphatic heterocycles. The van der Waals surface area contributed by atoms with Crippen LogP contribution in [0.25, 0.3) is 6.08 Å². The number of allylic oxidation sites excluding steroid dienone is 1. The number of carbonyl (C=O) groups is 1. The van der Waals surface area contributed by atoms with Crippen LogP contribution in [0.1, 0.15) is 27.2 Å². The van der Waals surface area contributed by atoms with Gasteiger partial charge in [0.05, 0.1) is 16.8 Å². The Bertz CT molecular complexity index is 1150. The Labute approximate surface area is 181 Å². The van der Waals surface area contributed by atoms with Gasteiger partial charge in [0, 0.05) is 39.1 Å². The highest BCUT2D eigenvalue weighted by molar-refractivity contribution is 6.15. The zero-order chi connectivity index (χ0) is 21.4. The largest absolute Gasteiger partial charge is 0.478 e. The number of Topliss-reactive ketones (excluding diaryl/α,β-unsaturated/α-hetero) is 1. The highest BCUT2D eigenvalue weighted by atomic mass is 16.5. The number of ether oxygens (including phenoxy) is 2. The van der Waals surface area contributed by atoms with Crippen molar-refractivity contribution >= 4 is 17.5 Å². The van der Waals surface area contributed by atoms with E-state index in [4.69, 9.17) is 9.47 Å². The van der Waals surface area contributed by atoms with Crippen LogP contribution in [0.5, 0.6) is 11.5 Å². The lowest BCUT2D eigenvalue weighted by Crippen LogP contribution is -2.32. The predicted octanol–water partition coefficient (Wildman–Crippen LogP) is 4.12. The van der Waals surface area contributed by atoms with Gasteiger partial charge in [-0.05, 0) is 48.0 Å². The maximum Gasteiger partial charge on any atom is 0.231 e. The Morgan fingerprint density at radius 1 is 1.10 bits per heavy atom. The Hall–Kier alpha value is -3.64. The maximum atomic E-state index is 13.0. The van der Waals surface area contributed by atoms with Crippen LogP contribution in [-0.2, 0) is 13.1 Å². The number of carbonyl (C=O) groups excluding carboxylic acids is 1. The van der Waals surface area contributed by atoms with Gasteiger partial charge in [0.15, 0.2) is 5.76 Å². The molecule has 156 valence electrons. The van der Waals surface area contributed by atoms with E-state index in [1.54, 1.807) is 18.3 Å². The number of fused-ring (bicyclic) bond motifs is 3. The molecular formula is C25H23N3O3. The molecule has 6 heteroatoms. The van der Waals surface area contributed by atoms with E-state index in [9.17, 15) is 4.79 Å². The molecule has 0 saturated heterocycles. The molecule has 0 fully saturated rings. The van der Waals surface area contributed by atoms with Crippen molar-refractivity contribution in [3.63, 3.8) is 0 Å². The van der Waals surface area contributed by atoms with E-state index in [0.29, 0.717) is 36.9 Å². The third kappa shape index (κ3) is 3.78. The smallest absolute Gasteiger partial charge is 0.231 e. The summed E-state index contributed by atoms with van der Waals surface area (Å²) < 4.78 is 12.0. The number of anilines is 1. The van der Waals surface area contributed by atoms with Crippen molar-refractivity contribution in [2.75, 3.05) is 25.7 Å². The summed E-state index contributed by atoms with van der Waals surface area (Å²) in [5, 5.41) is 0. The Morgan fingerprint density at radius 3 is 2.68 bits per heavy atom. The average molecular weight is 413 g/mol. The van der Waals surface area contributed by atoms with Gasteiger partial charge in [0.25, 0.3) is 0 Å². The minimum Gasteiger partial charge on any atom is -0.478 e. The second-order valence-corrected chi connectivity index (χ2v) is 7.93. The number of ketones is 1. The standard InChI is InChI=1S/C25H23N3O3/c1-27(2)19-8-6-17(7-9-19)13-23-24(29)20-10-11-22-21(25(20)31-23)15-28(16-30-22)14-18-5-3-4-12-26-18/h3-13H,14-16H2,1-2H3/b23-13-. The molecule has 5 rings (SSSR count). The van der Waals surface area contributed by atoms with E-state index in [0.717, 1.165) is 28.3 Å². The van der Waals surface area contributed by atoms with Crippen molar-refractivity contribution in [1.82, 2.24) is 9.88 Å². The van der Waals surface area contributed by atoms with Gasteiger partial charge in [-0.2, -0.15) is 0 Å². The van der Waals surface area contributed by atoms with Crippen molar-refractivity contribution in [2.24, 2.45) is 0 Å². The third-order valence-corrected chi connectivity index (χ3v) is 5.50. The molecule has 0 saturated carbocycles. The van der Waals surface area contributed by atoms with Gasteiger partial charge >= 0.3 is 0 Å². The fourth-order valence-electron chi connectivity index (χ4n) is 3.85. The Balaban J connectivity index is 1.40. The van der Waals surface area contributed by atoms with Gasteiger partial charge < -0.3 is 14.4 Å². The number of rotatable bonds is 4. The highest BCUT2D eigenvalue weighted by Crippen LogP contribution is 2.42. The van der Waals surface area contributed by atoms with Crippen LogP contribution in [0.3, 0.4) is 0 Å². The van der Waals surface area contributed by atoms with Crippen LogP contribution in [0.15, 0.2) is 66.6 Å². The first kappa shape index (κ1) is 19.3. The molecule has 0 atom stereocenters. The fourth-order valence-corrected chi connectivity index (χ4v) is 3.85. The van der Waals surface area contributed by atoms with Crippen LogP contribution in [-0.4, -0.2) is 36.5 Å². The van der Waals surface area contributed by atoms with E-state index in [-0.39, 0.29) is 5.78 Å². The number of aromatic nitrogens is 1. The predicted molar refractivity (Wildman–Crippen MR) is 119 cm³/mol. The van der Waals surface area contributed by atoms with Crippen LogP contribution in [0.2, 0.25) is 0 Å². The average Bonchev–Trinajstić information content (AvgIpc) is 3.10. The number of nitrogens with zero attached hydrogens (tertiary/aromatic N) is 3. The van der Waals surface area contributed by atoms with E-state index in [1.165, 1.54) is 0 Å².